The molecule has 2 aliphatic carbocycles. The molecule has 56 heavy (non-hydrogen) atoms. The van der Waals surface area contributed by atoms with Crippen LogP contribution < -0.4 is 22.1 Å². The number of carbonyl (C=O) groups excluding carboxylic acids is 2. The van der Waals surface area contributed by atoms with E-state index in [9.17, 15) is 9.59 Å². The van der Waals surface area contributed by atoms with Crippen molar-refractivity contribution in [3.05, 3.63) is 86.0 Å². The largest absolute Gasteiger partial charge is 0.383 e. The normalized spacial score (nSPS) is 18.1. The van der Waals surface area contributed by atoms with E-state index in [1.54, 1.807) is 49.3 Å². The van der Waals surface area contributed by atoms with Gasteiger partial charge in [-0.15, -0.1) is 0 Å². The van der Waals surface area contributed by atoms with E-state index in [4.69, 9.17) is 22.0 Å². The third-order valence-corrected chi connectivity index (χ3v) is 10.1. The molecule has 4 atom stereocenters. The highest BCUT2D eigenvalue weighted by Crippen LogP contribution is 2.40. The molecule has 16 nitrogen and oxygen atoms in total. The Hall–Kier alpha value is -7.98. The van der Waals surface area contributed by atoms with Crippen molar-refractivity contribution >= 4 is 78.4 Å². The zero-order valence-corrected chi connectivity index (χ0v) is 29.4. The number of nitrogens with one attached hydrogen (secondary N) is 4. The molecule has 16 heteroatoms. The standard InChI is InChI=1S/2C20H15N7O/c2*21-6-11-3-13(11)20(28)27-18-5-10-4-16(26-19(22)14(10)8-25-18)15-7-23-9-17-12(15)1-2-24-17/h2*1-2,4-5,7-9,11,13,24H,3H2,(H2,22,26)(H,25,27,28)/t2*11-,13-/m10/s1. The number of fused-ring (bicyclic) bond motifs is 4. The number of hydrogen-bond donors (Lipinski definition) is 6. The van der Waals surface area contributed by atoms with Gasteiger partial charge in [-0.2, -0.15) is 10.5 Å². The summed E-state index contributed by atoms with van der Waals surface area (Å²) in [5.74, 6) is 0.322. The highest BCUT2D eigenvalue weighted by molar-refractivity contribution is 6.02. The molecule has 2 aliphatic rings. The van der Waals surface area contributed by atoms with Crippen molar-refractivity contribution in [1.29, 1.82) is 10.5 Å². The smallest absolute Gasteiger partial charge is 0.230 e. The van der Waals surface area contributed by atoms with Gasteiger partial charge >= 0.3 is 0 Å². The lowest BCUT2D eigenvalue weighted by molar-refractivity contribution is -0.118. The Morgan fingerprint density at radius 3 is 1.50 bits per heavy atom. The van der Waals surface area contributed by atoms with Gasteiger partial charge in [0.1, 0.15) is 23.3 Å². The number of carbonyl (C=O) groups is 2. The lowest BCUT2D eigenvalue weighted by atomic mass is 10.1. The van der Waals surface area contributed by atoms with Crippen LogP contribution >= 0.6 is 0 Å². The van der Waals surface area contributed by atoms with Gasteiger partial charge in [-0.25, -0.2) is 19.9 Å². The Labute approximate surface area is 317 Å². The summed E-state index contributed by atoms with van der Waals surface area (Å²) in [5, 5.41) is 28.4. The number of anilines is 4. The second-order valence-corrected chi connectivity index (χ2v) is 13.8. The highest BCUT2D eigenvalue weighted by atomic mass is 16.2. The first kappa shape index (κ1) is 33.8. The Morgan fingerprint density at radius 2 is 1.09 bits per heavy atom. The van der Waals surface area contributed by atoms with Crippen LogP contribution in [-0.4, -0.2) is 51.7 Å². The van der Waals surface area contributed by atoms with Crippen LogP contribution in [0.2, 0.25) is 0 Å². The van der Waals surface area contributed by atoms with Crippen molar-refractivity contribution in [2.45, 2.75) is 12.8 Å². The number of nitrogens with zero attached hydrogens (tertiary/aromatic N) is 8. The van der Waals surface area contributed by atoms with Crippen LogP contribution in [0.1, 0.15) is 12.8 Å². The summed E-state index contributed by atoms with van der Waals surface area (Å²) >= 11 is 0. The number of amides is 2. The zero-order chi connectivity index (χ0) is 38.5. The maximum Gasteiger partial charge on any atom is 0.230 e. The van der Waals surface area contributed by atoms with Crippen molar-refractivity contribution in [3.63, 3.8) is 0 Å². The molecule has 10 rings (SSSR count). The second-order valence-electron chi connectivity index (χ2n) is 13.8. The number of nitrogens with two attached hydrogens (primary N) is 2. The number of nitrogen functional groups attached to an aromatic ring is 2. The molecule has 0 aromatic carbocycles. The molecule has 2 amide bonds. The highest BCUT2D eigenvalue weighted by Gasteiger charge is 2.44. The number of pyridine rings is 6. The molecule has 0 spiro atoms. The third kappa shape index (κ3) is 6.26. The number of aromatic amines is 2. The maximum absolute atomic E-state index is 12.2. The summed E-state index contributed by atoms with van der Waals surface area (Å²) in [6.07, 6.45) is 15.1. The summed E-state index contributed by atoms with van der Waals surface area (Å²) in [6, 6.07) is 15.5. The van der Waals surface area contributed by atoms with Gasteiger partial charge in [-0.1, -0.05) is 0 Å². The molecule has 0 radical (unpaired) electrons. The first-order valence-electron chi connectivity index (χ1n) is 17.6. The quantitative estimate of drug-likeness (QED) is 0.120. The van der Waals surface area contributed by atoms with Crippen LogP contribution in [0, 0.1) is 46.3 Å². The summed E-state index contributed by atoms with van der Waals surface area (Å²) in [4.78, 5) is 56.7. The van der Waals surface area contributed by atoms with Gasteiger partial charge in [0.05, 0.1) is 70.6 Å². The van der Waals surface area contributed by atoms with Gasteiger partial charge in [-0.3, -0.25) is 19.6 Å². The van der Waals surface area contributed by atoms with Gasteiger partial charge in [0.2, 0.25) is 11.8 Å². The van der Waals surface area contributed by atoms with E-state index in [1.165, 1.54) is 0 Å². The van der Waals surface area contributed by atoms with Gasteiger partial charge in [0.15, 0.2) is 0 Å². The minimum Gasteiger partial charge on any atom is -0.383 e. The summed E-state index contributed by atoms with van der Waals surface area (Å²) in [6.45, 7) is 0. The lowest BCUT2D eigenvalue weighted by Gasteiger charge is -2.09. The second kappa shape index (κ2) is 13.5. The van der Waals surface area contributed by atoms with Crippen molar-refractivity contribution in [3.8, 4) is 34.7 Å². The van der Waals surface area contributed by atoms with Gasteiger partial charge in [-0.05, 0) is 60.0 Å². The van der Waals surface area contributed by atoms with Gasteiger partial charge in [0.25, 0.3) is 0 Å². The summed E-state index contributed by atoms with van der Waals surface area (Å²) in [5.41, 5.74) is 17.3. The first-order chi connectivity index (χ1) is 27.3. The number of H-pyrrole nitrogens is 2. The molecule has 0 unspecified atom stereocenters. The average Bonchev–Trinajstić information content (AvgIpc) is 4.07. The van der Waals surface area contributed by atoms with E-state index in [0.29, 0.717) is 58.3 Å². The van der Waals surface area contributed by atoms with Crippen LogP contribution in [0.5, 0.6) is 0 Å². The molecule has 0 saturated heterocycles. The molecule has 0 bridgehead atoms. The SMILES string of the molecule is N#C[C@@H]1C[C@@H]1C(=O)Nc1cc2cc(-c3cncc4[nH]ccc34)nc(N)c2cn1.N#C[C@H]1C[C@H]1C(=O)Nc1cc2cc(-c3cncc4[nH]ccc34)nc(N)c2cn1. The monoisotopic (exact) mass is 738 g/mol. The van der Waals surface area contributed by atoms with E-state index in [1.807, 2.05) is 36.7 Å². The van der Waals surface area contributed by atoms with Crippen LogP contribution in [-0.2, 0) is 9.59 Å². The van der Waals surface area contributed by atoms with E-state index in [0.717, 1.165) is 43.7 Å². The summed E-state index contributed by atoms with van der Waals surface area (Å²) in [7, 11) is 0. The molecule has 272 valence electrons. The minimum atomic E-state index is -0.252. The van der Waals surface area contributed by atoms with Crippen molar-refractivity contribution in [2.75, 3.05) is 22.1 Å². The Balaban J connectivity index is 0.000000146. The number of aromatic nitrogens is 8. The van der Waals surface area contributed by atoms with Gasteiger partial charge < -0.3 is 32.1 Å². The number of hydrogen-bond acceptors (Lipinski definition) is 12. The van der Waals surface area contributed by atoms with Crippen molar-refractivity contribution < 1.29 is 9.59 Å². The Kier molecular flexibility index (Phi) is 8.13. The number of nitriles is 2. The molecule has 8 N–H and O–H groups in total. The van der Waals surface area contributed by atoms with E-state index < -0.39 is 0 Å². The fraction of sp³-hybridized carbons (Fsp3) is 0.150. The Bertz CT molecular complexity index is 2780. The first-order valence-corrected chi connectivity index (χ1v) is 17.6. The average molecular weight is 739 g/mol. The van der Waals surface area contributed by atoms with E-state index in [2.05, 4.69) is 62.6 Å². The van der Waals surface area contributed by atoms with E-state index in [-0.39, 0.29) is 35.5 Å². The van der Waals surface area contributed by atoms with E-state index >= 15 is 0 Å². The molecular weight excluding hydrogens is 709 g/mol. The summed E-state index contributed by atoms with van der Waals surface area (Å²) < 4.78 is 0. The van der Waals surface area contributed by atoms with Gasteiger partial charge in [0, 0.05) is 69.9 Å². The van der Waals surface area contributed by atoms with Crippen LogP contribution in [0.3, 0.4) is 0 Å². The molecule has 2 saturated carbocycles. The lowest BCUT2D eigenvalue weighted by Crippen LogP contribution is -2.15. The fourth-order valence-corrected chi connectivity index (χ4v) is 6.82. The Morgan fingerprint density at radius 1 is 0.643 bits per heavy atom. The van der Waals surface area contributed by atoms with Crippen LogP contribution in [0.15, 0.2) is 86.0 Å². The molecule has 2 fully saturated rings. The molecule has 8 aromatic rings. The molecule has 8 heterocycles. The zero-order valence-electron chi connectivity index (χ0n) is 29.4. The topological polar surface area (TPSA) is 267 Å². The third-order valence-electron chi connectivity index (χ3n) is 10.1. The number of rotatable bonds is 6. The molecule has 8 aromatic heterocycles. The fourth-order valence-electron chi connectivity index (χ4n) is 6.82. The molecular formula is C40H30N14O2. The van der Waals surface area contributed by atoms with Crippen LogP contribution in [0.4, 0.5) is 23.3 Å². The molecule has 0 aliphatic heterocycles. The minimum absolute atomic E-state index is 0.179. The maximum atomic E-state index is 12.2. The predicted octanol–water partition coefficient (Wildman–Crippen LogP) is 5.71. The van der Waals surface area contributed by atoms with Crippen molar-refractivity contribution in [2.24, 2.45) is 23.7 Å². The van der Waals surface area contributed by atoms with Crippen LogP contribution in [0.25, 0.3) is 65.9 Å². The van der Waals surface area contributed by atoms with Crippen molar-refractivity contribution in [1.82, 2.24) is 39.9 Å². The predicted molar refractivity (Wildman–Crippen MR) is 210 cm³/mol.